The quantitative estimate of drug-likeness (QED) is 0.649. The summed E-state index contributed by atoms with van der Waals surface area (Å²) in [6, 6.07) is 14.9. The summed E-state index contributed by atoms with van der Waals surface area (Å²) in [5, 5.41) is 3.45. The Morgan fingerprint density at radius 1 is 1.04 bits per heavy atom. The van der Waals surface area contributed by atoms with Gasteiger partial charge in [0, 0.05) is 45.5 Å². The van der Waals surface area contributed by atoms with Crippen LogP contribution in [0.5, 0.6) is 5.75 Å². The van der Waals surface area contributed by atoms with Gasteiger partial charge in [-0.25, -0.2) is 4.39 Å². The average molecular weight is 370 g/mol. The van der Waals surface area contributed by atoms with Crippen LogP contribution in [-0.2, 0) is 6.42 Å². The lowest BCUT2D eigenvalue weighted by Crippen LogP contribution is -2.52. The van der Waals surface area contributed by atoms with Gasteiger partial charge in [-0.05, 0) is 48.4 Å². The maximum absolute atomic E-state index is 13.1. The molecule has 0 saturated carbocycles. The van der Waals surface area contributed by atoms with E-state index in [1.54, 1.807) is 7.11 Å². The molecule has 1 N–H and O–H groups in total. The summed E-state index contributed by atoms with van der Waals surface area (Å²) in [4.78, 5) is 8.97. The van der Waals surface area contributed by atoms with Crippen LogP contribution < -0.4 is 15.0 Å². The number of benzene rings is 2. The topological polar surface area (TPSA) is 40.1 Å². The van der Waals surface area contributed by atoms with Gasteiger partial charge in [0.15, 0.2) is 5.96 Å². The molecule has 1 aliphatic heterocycles. The van der Waals surface area contributed by atoms with Crippen molar-refractivity contribution in [2.75, 3.05) is 51.8 Å². The molecule has 1 aliphatic rings. The molecule has 5 nitrogen and oxygen atoms in total. The van der Waals surface area contributed by atoms with Crippen molar-refractivity contribution < 1.29 is 9.13 Å². The molecule has 0 radical (unpaired) electrons. The monoisotopic (exact) mass is 370 g/mol. The van der Waals surface area contributed by atoms with E-state index in [0.717, 1.165) is 56.5 Å². The number of methoxy groups -OCH3 is 1. The van der Waals surface area contributed by atoms with Crippen LogP contribution in [0.25, 0.3) is 0 Å². The molecule has 0 amide bonds. The Bertz CT molecular complexity index is 738. The Balaban J connectivity index is 1.46. The molecule has 144 valence electrons. The van der Waals surface area contributed by atoms with Gasteiger partial charge in [0.25, 0.3) is 0 Å². The van der Waals surface area contributed by atoms with Gasteiger partial charge in [-0.2, -0.15) is 0 Å². The molecule has 0 unspecified atom stereocenters. The Kier molecular flexibility index (Phi) is 6.52. The number of rotatable bonds is 5. The van der Waals surface area contributed by atoms with Crippen LogP contribution in [0.4, 0.5) is 10.1 Å². The van der Waals surface area contributed by atoms with Crippen molar-refractivity contribution in [2.45, 2.75) is 6.42 Å². The van der Waals surface area contributed by atoms with E-state index in [1.807, 2.05) is 31.3 Å². The number of ether oxygens (including phenoxy) is 1. The summed E-state index contributed by atoms with van der Waals surface area (Å²) in [6.07, 6.45) is 0.929. The molecular weight excluding hydrogens is 343 g/mol. The minimum atomic E-state index is -0.196. The van der Waals surface area contributed by atoms with Crippen LogP contribution in [0.15, 0.2) is 53.5 Å². The second kappa shape index (κ2) is 9.26. The molecule has 1 saturated heterocycles. The standard InChI is InChI=1S/C21H27FN4O/c1-23-21(24-12-11-17-3-9-20(27-2)10-4-17)26-15-13-25(14-16-26)19-7-5-18(22)6-8-19/h3-10H,11-16H2,1-2H3,(H,23,24). The van der Waals surface area contributed by atoms with Crippen molar-refractivity contribution in [2.24, 2.45) is 4.99 Å². The zero-order chi connectivity index (χ0) is 19.1. The molecule has 0 spiro atoms. The summed E-state index contributed by atoms with van der Waals surface area (Å²) in [7, 11) is 3.50. The number of aliphatic imine (C=N–C) groups is 1. The molecule has 3 rings (SSSR count). The fraction of sp³-hybridized carbons (Fsp3) is 0.381. The maximum atomic E-state index is 13.1. The van der Waals surface area contributed by atoms with Gasteiger partial charge < -0.3 is 19.9 Å². The summed E-state index contributed by atoms with van der Waals surface area (Å²) < 4.78 is 18.3. The largest absolute Gasteiger partial charge is 0.497 e. The summed E-state index contributed by atoms with van der Waals surface area (Å²) in [6.45, 7) is 4.39. The lowest BCUT2D eigenvalue weighted by molar-refractivity contribution is 0.373. The number of hydrogen-bond donors (Lipinski definition) is 1. The Labute approximate surface area is 160 Å². The van der Waals surface area contributed by atoms with Gasteiger partial charge in [-0.1, -0.05) is 12.1 Å². The second-order valence-corrected chi connectivity index (χ2v) is 6.52. The zero-order valence-corrected chi connectivity index (χ0v) is 16.0. The van der Waals surface area contributed by atoms with Crippen molar-refractivity contribution in [3.05, 3.63) is 59.9 Å². The first-order valence-corrected chi connectivity index (χ1v) is 9.28. The normalized spacial score (nSPS) is 15.0. The van der Waals surface area contributed by atoms with Gasteiger partial charge in [0.1, 0.15) is 11.6 Å². The highest BCUT2D eigenvalue weighted by molar-refractivity contribution is 5.80. The third kappa shape index (κ3) is 5.12. The number of guanidine groups is 1. The first-order chi connectivity index (χ1) is 13.2. The van der Waals surface area contributed by atoms with Crippen LogP contribution in [0.3, 0.4) is 0 Å². The second-order valence-electron chi connectivity index (χ2n) is 6.52. The lowest BCUT2D eigenvalue weighted by Gasteiger charge is -2.37. The number of anilines is 1. The van der Waals surface area contributed by atoms with Crippen molar-refractivity contribution in [3.63, 3.8) is 0 Å². The third-order valence-electron chi connectivity index (χ3n) is 4.84. The molecule has 6 heteroatoms. The summed E-state index contributed by atoms with van der Waals surface area (Å²) in [5.74, 6) is 1.61. The predicted molar refractivity (Wildman–Crippen MR) is 108 cm³/mol. The molecule has 1 fully saturated rings. The molecular formula is C21H27FN4O. The van der Waals surface area contributed by atoms with Crippen LogP contribution >= 0.6 is 0 Å². The number of halogens is 1. The van der Waals surface area contributed by atoms with Crippen molar-refractivity contribution in [3.8, 4) is 5.75 Å². The van der Waals surface area contributed by atoms with E-state index in [2.05, 4.69) is 32.2 Å². The van der Waals surface area contributed by atoms with E-state index in [9.17, 15) is 4.39 Å². The number of nitrogens with one attached hydrogen (secondary N) is 1. The highest BCUT2D eigenvalue weighted by Crippen LogP contribution is 2.17. The van der Waals surface area contributed by atoms with Crippen LogP contribution in [0.2, 0.25) is 0 Å². The molecule has 0 bridgehead atoms. The van der Waals surface area contributed by atoms with E-state index in [-0.39, 0.29) is 5.82 Å². The zero-order valence-electron chi connectivity index (χ0n) is 16.0. The van der Waals surface area contributed by atoms with Gasteiger partial charge >= 0.3 is 0 Å². The van der Waals surface area contributed by atoms with E-state index < -0.39 is 0 Å². The molecule has 27 heavy (non-hydrogen) atoms. The number of piperazine rings is 1. The van der Waals surface area contributed by atoms with Crippen LogP contribution in [-0.4, -0.2) is 57.7 Å². The summed E-state index contributed by atoms with van der Waals surface area (Å²) in [5.41, 5.74) is 2.33. The van der Waals surface area contributed by atoms with E-state index in [4.69, 9.17) is 4.74 Å². The molecule has 0 aliphatic carbocycles. The molecule has 2 aromatic carbocycles. The van der Waals surface area contributed by atoms with Gasteiger partial charge in [0.2, 0.25) is 0 Å². The van der Waals surface area contributed by atoms with Crippen LogP contribution in [0, 0.1) is 5.82 Å². The van der Waals surface area contributed by atoms with E-state index >= 15 is 0 Å². The Morgan fingerprint density at radius 3 is 2.30 bits per heavy atom. The third-order valence-corrected chi connectivity index (χ3v) is 4.84. The first kappa shape index (κ1) is 19.0. The Hall–Kier alpha value is -2.76. The molecule has 0 atom stereocenters. The molecule has 0 aromatic heterocycles. The van der Waals surface area contributed by atoms with Crippen molar-refractivity contribution >= 4 is 11.6 Å². The fourth-order valence-corrected chi connectivity index (χ4v) is 3.27. The highest BCUT2D eigenvalue weighted by atomic mass is 19.1. The van der Waals surface area contributed by atoms with E-state index in [0.29, 0.717) is 0 Å². The maximum Gasteiger partial charge on any atom is 0.193 e. The first-order valence-electron chi connectivity index (χ1n) is 9.28. The van der Waals surface area contributed by atoms with Crippen molar-refractivity contribution in [1.29, 1.82) is 0 Å². The lowest BCUT2D eigenvalue weighted by atomic mass is 10.1. The average Bonchev–Trinajstić information content (AvgIpc) is 2.72. The van der Waals surface area contributed by atoms with Gasteiger partial charge in [-0.15, -0.1) is 0 Å². The van der Waals surface area contributed by atoms with Gasteiger partial charge in [-0.3, -0.25) is 4.99 Å². The number of nitrogens with zero attached hydrogens (tertiary/aromatic N) is 3. The smallest absolute Gasteiger partial charge is 0.193 e. The SMILES string of the molecule is CN=C(NCCc1ccc(OC)cc1)N1CCN(c2ccc(F)cc2)CC1. The summed E-state index contributed by atoms with van der Waals surface area (Å²) >= 11 is 0. The highest BCUT2D eigenvalue weighted by Gasteiger charge is 2.19. The minimum absolute atomic E-state index is 0.196. The number of hydrogen-bond acceptors (Lipinski definition) is 3. The van der Waals surface area contributed by atoms with Crippen molar-refractivity contribution in [1.82, 2.24) is 10.2 Å². The van der Waals surface area contributed by atoms with E-state index in [1.165, 1.54) is 17.7 Å². The Morgan fingerprint density at radius 2 is 1.70 bits per heavy atom. The molecule has 1 heterocycles. The van der Waals surface area contributed by atoms with Gasteiger partial charge in [0.05, 0.1) is 7.11 Å². The molecule has 2 aromatic rings. The predicted octanol–water partition coefficient (Wildman–Crippen LogP) is 2.77. The fourth-order valence-electron chi connectivity index (χ4n) is 3.27. The van der Waals surface area contributed by atoms with Crippen LogP contribution in [0.1, 0.15) is 5.56 Å². The minimum Gasteiger partial charge on any atom is -0.497 e.